The van der Waals surface area contributed by atoms with Crippen LogP contribution in [-0.4, -0.2) is 0 Å². The molecule has 1 rings (SSSR count). The molecule has 0 bridgehead atoms. The van der Waals surface area contributed by atoms with Crippen molar-refractivity contribution in [1.29, 1.82) is 0 Å². The maximum atomic E-state index is 2.38. The van der Waals surface area contributed by atoms with Gasteiger partial charge in [0, 0.05) is 0 Å². The quantitative estimate of drug-likeness (QED) is 0.493. The molecule has 1 aromatic carbocycles. The van der Waals surface area contributed by atoms with Gasteiger partial charge in [-0.15, -0.1) is 0 Å². The van der Waals surface area contributed by atoms with Crippen LogP contribution in [0.2, 0.25) is 0 Å². The molecule has 0 fully saturated rings. The number of hydrogen-bond donors (Lipinski definition) is 0. The Hall–Kier alpha value is -0.780. The summed E-state index contributed by atoms with van der Waals surface area (Å²) >= 11 is 0. The van der Waals surface area contributed by atoms with Crippen LogP contribution < -0.4 is 0 Å². The van der Waals surface area contributed by atoms with Crippen molar-refractivity contribution < 1.29 is 0 Å². The van der Waals surface area contributed by atoms with Gasteiger partial charge < -0.3 is 0 Å². The number of benzene rings is 1. The largest absolute Gasteiger partial charge is 0.0654 e. The van der Waals surface area contributed by atoms with Crippen molar-refractivity contribution in [2.45, 2.75) is 78.1 Å². The fourth-order valence-electron chi connectivity index (χ4n) is 2.78. The lowest BCUT2D eigenvalue weighted by atomic mass is 9.85. The van der Waals surface area contributed by atoms with Crippen molar-refractivity contribution in [3.05, 3.63) is 35.4 Å². The standard InChI is InChI=1S/C18H30/c1-4-7-12-16(11-6-3)18-15-10-9-14-17(18)13-8-5-2/h9-10,14-16H,4-8,11-13H2,1-3H3. The lowest BCUT2D eigenvalue weighted by molar-refractivity contribution is 0.536. The highest BCUT2D eigenvalue weighted by atomic mass is 14.2. The van der Waals surface area contributed by atoms with Crippen LogP contribution in [0.1, 0.15) is 82.8 Å². The number of unbranched alkanes of at least 4 members (excludes halogenated alkanes) is 2. The van der Waals surface area contributed by atoms with E-state index in [0.717, 1.165) is 5.92 Å². The van der Waals surface area contributed by atoms with Crippen molar-refractivity contribution >= 4 is 0 Å². The smallest absolute Gasteiger partial charge is 0.0159 e. The molecule has 0 aliphatic carbocycles. The molecule has 0 aromatic heterocycles. The zero-order chi connectivity index (χ0) is 13.2. The fourth-order valence-corrected chi connectivity index (χ4v) is 2.78. The normalized spacial score (nSPS) is 12.6. The van der Waals surface area contributed by atoms with E-state index in [1.807, 2.05) is 0 Å². The second kappa shape index (κ2) is 9.19. The maximum absolute atomic E-state index is 2.38. The van der Waals surface area contributed by atoms with E-state index >= 15 is 0 Å². The molecule has 18 heavy (non-hydrogen) atoms. The summed E-state index contributed by atoms with van der Waals surface area (Å²) in [6.07, 6.45) is 10.6. The zero-order valence-electron chi connectivity index (χ0n) is 12.5. The van der Waals surface area contributed by atoms with Crippen molar-refractivity contribution in [2.24, 2.45) is 0 Å². The van der Waals surface area contributed by atoms with Crippen LogP contribution in [0.4, 0.5) is 0 Å². The Labute approximate surface area is 114 Å². The molecule has 0 aliphatic rings. The van der Waals surface area contributed by atoms with Crippen LogP contribution in [0.15, 0.2) is 24.3 Å². The van der Waals surface area contributed by atoms with Gasteiger partial charge in [-0.3, -0.25) is 0 Å². The van der Waals surface area contributed by atoms with E-state index < -0.39 is 0 Å². The Kier molecular flexibility index (Phi) is 7.80. The Morgan fingerprint density at radius 3 is 2.22 bits per heavy atom. The average Bonchev–Trinajstić information content (AvgIpc) is 2.41. The zero-order valence-corrected chi connectivity index (χ0v) is 12.5. The first-order chi connectivity index (χ1) is 8.83. The monoisotopic (exact) mass is 246 g/mol. The van der Waals surface area contributed by atoms with E-state index in [1.165, 1.54) is 51.4 Å². The molecule has 102 valence electrons. The molecule has 0 radical (unpaired) electrons. The van der Waals surface area contributed by atoms with Crippen molar-refractivity contribution in [2.75, 3.05) is 0 Å². The van der Waals surface area contributed by atoms with Gasteiger partial charge in [-0.1, -0.05) is 70.7 Å². The first-order valence-electron chi connectivity index (χ1n) is 7.91. The van der Waals surface area contributed by atoms with Gasteiger partial charge in [0.1, 0.15) is 0 Å². The van der Waals surface area contributed by atoms with Crippen LogP contribution in [-0.2, 0) is 6.42 Å². The van der Waals surface area contributed by atoms with E-state index in [9.17, 15) is 0 Å². The van der Waals surface area contributed by atoms with Crippen molar-refractivity contribution in [3.63, 3.8) is 0 Å². The predicted molar refractivity (Wildman–Crippen MR) is 82.2 cm³/mol. The van der Waals surface area contributed by atoms with Gasteiger partial charge in [0.2, 0.25) is 0 Å². The maximum Gasteiger partial charge on any atom is -0.0159 e. The Morgan fingerprint density at radius 1 is 0.833 bits per heavy atom. The van der Waals surface area contributed by atoms with Crippen LogP contribution in [0.25, 0.3) is 0 Å². The summed E-state index contributed by atoms with van der Waals surface area (Å²) in [4.78, 5) is 0. The fraction of sp³-hybridized carbons (Fsp3) is 0.667. The first-order valence-corrected chi connectivity index (χ1v) is 7.91. The topological polar surface area (TPSA) is 0 Å². The summed E-state index contributed by atoms with van der Waals surface area (Å²) in [5.74, 6) is 0.794. The Balaban J connectivity index is 2.80. The Bertz CT molecular complexity index is 314. The number of hydrogen-bond acceptors (Lipinski definition) is 0. The molecule has 0 heterocycles. The average molecular weight is 246 g/mol. The van der Waals surface area contributed by atoms with Crippen LogP contribution in [0.3, 0.4) is 0 Å². The van der Waals surface area contributed by atoms with E-state index in [4.69, 9.17) is 0 Å². The molecule has 0 spiro atoms. The molecule has 0 N–H and O–H groups in total. The molecule has 0 aliphatic heterocycles. The molecule has 1 atom stereocenters. The highest BCUT2D eigenvalue weighted by Crippen LogP contribution is 2.30. The first kappa shape index (κ1) is 15.3. The summed E-state index contributed by atoms with van der Waals surface area (Å²) in [6, 6.07) is 9.15. The van der Waals surface area contributed by atoms with Gasteiger partial charge in [-0.25, -0.2) is 0 Å². The van der Waals surface area contributed by atoms with Gasteiger partial charge in [0.25, 0.3) is 0 Å². The van der Waals surface area contributed by atoms with Crippen molar-refractivity contribution in [3.8, 4) is 0 Å². The second-order valence-electron chi connectivity index (χ2n) is 5.43. The third-order valence-corrected chi connectivity index (χ3v) is 3.84. The van der Waals surface area contributed by atoms with Crippen LogP contribution >= 0.6 is 0 Å². The minimum absolute atomic E-state index is 0.794. The van der Waals surface area contributed by atoms with Crippen molar-refractivity contribution in [1.82, 2.24) is 0 Å². The lowest BCUT2D eigenvalue weighted by Gasteiger charge is -2.20. The highest BCUT2D eigenvalue weighted by molar-refractivity contribution is 5.30. The minimum atomic E-state index is 0.794. The van der Waals surface area contributed by atoms with Gasteiger partial charge in [0.05, 0.1) is 0 Å². The Morgan fingerprint density at radius 2 is 1.56 bits per heavy atom. The minimum Gasteiger partial charge on any atom is -0.0654 e. The molecule has 0 amide bonds. The lowest BCUT2D eigenvalue weighted by Crippen LogP contribution is -2.03. The molecule has 0 heteroatoms. The summed E-state index contributed by atoms with van der Waals surface area (Å²) in [5, 5.41) is 0. The van der Waals surface area contributed by atoms with Crippen LogP contribution in [0.5, 0.6) is 0 Å². The van der Waals surface area contributed by atoms with Gasteiger partial charge >= 0.3 is 0 Å². The highest BCUT2D eigenvalue weighted by Gasteiger charge is 2.13. The SMILES string of the molecule is CCCCc1ccccc1C(CCC)CCCC. The van der Waals surface area contributed by atoms with Gasteiger partial charge in [-0.05, 0) is 42.7 Å². The summed E-state index contributed by atoms with van der Waals surface area (Å²) < 4.78 is 0. The van der Waals surface area contributed by atoms with E-state index in [1.54, 1.807) is 11.1 Å². The summed E-state index contributed by atoms with van der Waals surface area (Å²) in [5.41, 5.74) is 3.25. The van der Waals surface area contributed by atoms with E-state index in [2.05, 4.69) is 45.0 Å². The molecule has 0 nitrogen and oxygen atoms in total. The molecular weight excluding hydrogens is 216 g/mol. The van der Waals surface area contributed by atoms with E-state index in [0.29, 0.717) is 0 Å². The van der Waals surface area contributed by atoms with Gasteiger partial charge in [0.15, 0.2) is 0 Å². The number of rotatable bonds is 9. The third-order valence-electron chi connectivity index (χ3n) is 3.84. The summed E-state index contributed by atoms with van der Waals surface area (Å²) in [6.45, 7) is 6.89. The molecule has 1 unspecified atom stereocenters. The second-order valence-corrected chi connectivity index (χ2v) is 5.43. The molecule has 1 aromatic rings. The predicted octanol–water partition coefficient (Wildman–Crippen LogP) is 6.10. The third kappa shape index (κ3) is 4.84. The molecular formula is C18H30. The van der Waals surface area contributed by atoms with Gasteiger partial charge in [-0.2, -0.15) is 0 Å². The molecule has 0 saturated heterocycles. The van der Waals surface area contributed by atoms with Crippen LogP contribution in [0, 0.1) is 0 Å². The van der Waals surface area contributed by atoms with E-state index in [-0.39, 0.29) is 0 Å². The molecule has 0 saturated carbocycles. The summed E-state index contributed by atoms with van der Waals surface area (Å²) in [7, 11) is 0. The number of aryl methyl sites for hydroxylation is 1.